The minimum Gasteiger partial charge on any atom is -0.342 e. The molecule has 2 N–H and O–H groups in total. The standard InChI is InChI=1S/C27H40F2N4O4S/c28-27(29)14-8-15-32(18-27)23(34)17-19-9-5-3-1-2-4-6-10-21(24(35)31-38-20-12-13-20)30-25(36)22-11-7-16-33(22)26(19)37/h4,6,19-22H,1-3,5,7-18H2,(H,30,36)(H,31,35)/b6-4-/t19-,21?,22?/m1/s1. The smallest absolute Gasteiger partial charge is 0.265 e. The lowest BCUT2D eigenvalue weighted by Gasteiger charge is -2.34. The van der Waals surface area contributed by atoms with Crippen LogP contribution >= 0.6 is 11.9 Å². The van der Waals surface area contributed by atoms with Crippen LogP contribution in [-0.4, -0.2) is 76.3 Å². The van der Waals surface area contributed by atoms with Crippen LogP contribution in [0.4, 0.5) is 8.78 Å². The van der Waals surface area contributed by atoms with Gasteiger partial charge in [0.1, 0.15) is 12.1 Å². The van der Waals surface area contributed by atoms with Gasteiger partial charge in [0, 0.05) is 37.1 Å². The van der Waals surface area contributed by atoms with E-state index in [2.05, 4.69) is 10.0 Å². The Bertz CT molecular complexity index is 914. The molecule has 4 rings (SSSR count). The van der Waals surface area contributed by atoms with E-state index in [1.54, 1.807) is 4.90 Å². The zero-order valence-electron chi connectivity index (χ0n) is 22.0. The topological polar surface area (TPSA) is 98.8 Å². The Morgan fingerprint density at radius 1 is 1.03 bits per heavy atom. The Morgan fingerprint density at radius 3 is 2.61 bits per heavy atom. The summed E-state index contributed by atoms with van der Waals surface area (Å²) >= 11 is 1.40. The molecule has 4 amide bonds. The third-order valence-corrected chi connectivity index (χ3v) is 8.92. The first-order valence-electron chi connectivity index (χ1n) is 14.1. The molecule has 1 saturated carbocycles. The number of rotatable bonds is 5. The van der Waals surface area contributed by atoms with Crippen molar-refractivity contribution in [2.24, 2.45) is 5.92 Å². The van der Waals surface area contributed by atoms with Crippen molar-refractivity contribution in [2.45, 2.75) is 107 Å². The zero-order chi connectivity index (χ0) is 27.1. The molecule has 3 atom stereocenters. The number of carbonyl (C=O) groups excluding carboxylic acids is 4. The SMILES string of the molecule is O=C(NSC1CC1)C1C/C=C\CCCCC[C@H](CC(=O)N2CCCC(F)(F)C2)C(=O)N2CCCC2C(=O)N1. The van der Waals surface area contributed by atoms with E-state index in [4.69, 9.17) is 0 Å². The van der Waals surface area contributed by atoms with Crippen LogP contribution in [0, 0.1) is 5.92 Å². The number of piperidine rings is 1. The molecule has 0 radical (unpaired) electrons. The molecular formula is C27H40F2N4O4S. The predicted molar refractivity (Wildman–Crippen MR) is 141 cm³/mol. The van der Waals surface area contributed by atoms with Crippen molar-refractivity contribution in [3.63, 3.8) is 0 Å². The van der Waals surface area contributed by atoms with Crippen LogP contribution in [0.3, 0.4) is 0 Å². The van der Waals surface area contributed by atoms with Crippen LogP contribution in [-0.2, 0) is 19.2 Å². The lowest BCUT2D eigenvalue weighted by atomic mass is 9.94. The molecule has 2 unspecified atom stereocenters. The highest BCUT2D eigenvalue weighted by atomic mass is 32.2. The van der Waals surface area contributed by atoms with Gasteiger partial charge in [-0.15, -0.1) is 0 Å². The van der Waals surface area contributed by atoms with Crippen molar-refractivity contribution in [2.75, 3.05) is 19.6 Å². The van der Waals surface area contributed by atoms with Crippen molar-refractivity contribution in [1.29, 1.82) is 0 Å². The van der Waals surface area contributed by atoms with Gasteiger partial charge in [-0.3, -0.25) is 23.9 Å². The zero-order valence-corrected chi connectivity index (χ0v) is 22.8. The molecular weight excluding hydrogens is 514 g/mol. The highest BCUT2D eigenvalue weighted by molar-refractivity contribution is 7.98. The maximum atomic E-state index is 13.9. The minimum atomic E-state index is -2.90. The summed E-state index contributed by atoms with van der Waals surface area (Å²) in [6.45, 7) is 0.0763. The average Bonchev–Trinajstić information content (AvgIpc) is 3.58. The summed E-state index contributed by atoms with van der Waals surface area (Å²) in [4.78, 5) is 55.6. The van der Waals surface area contributed by atoms with E-state index in [0.717, 1.165) is 38.5 Å². The number of nitrogens with zero attached hydrogens (tertiary/aromatic N) is 2. The molecule has 8 nitrogen and oxygen atoms in total. The van der Waals surface area contributed by atoms with Crippen LogP contribution in [0.5, 0.6) is 0 Å². The summed E-state index contributed by atoms with van der Waals surface area (Å²) in [5, 5.41) is 3.31. The number of carbonyl (C=O) groups is 4. The molecule has 0 aromatic carbocycles. The molecule has 1 aliphatic carbocycles. The van der Waals surface area contributed by atoms with Gasteiger partial charge in [-0.05, 0) is 69.7 Å². The molecule has 3 heterocycles. The maximum absolute atomic E-state index is 13.9. The summed E-state index contributed by atoms with van der Waals surface area (Å²) in [6.07, 6.45) is 11.3. The van der Waals surface area contributed by atoms with Gasteiger partial charge in [-0.1, -0.05) is 25.0 Å². The Morgan fingerprint density at radius 2 is 1.84 bits per heavy atom. The van der Waals surface area contributed by atoms with E-state index in [-0.39, 0.29) is 43.5 Å². The monoisotopic (exact) mass is 554 g/mol. The molecule has 0 aromatic rings. The molecule has 4 aliphatic rings. The van der Waals surface area contributed by atoms with Crippen molar-refractivity contribution in [1.82, 2.24) is 19.8 Å². The van der Waals surface area contributed by atoms with E-state index in [1.165, 1.54) is 16.8 Å². The number of hydrogen-bond donors (Lipinski definition) is 2. The fraction of sp³-hybridized carbons (Fsp3) is 0.778. The largest absolute Gasteiger partial charge is 0.342 e. The molecule has 0 spiro atoms. The number of hydrogen-bond acceptors (Lipinski definition) is 5. The number of likely N-dealkylation sites (tertiary alicyclic amines) is 1. The number of nitrogens with one attached hydrogen (secondary N) is 2. The van der Waals surface area contributed by atoms with Gasteiger partial charge in [-0.25, -0.2) is 8.78 Å². The second-order valence-electron chi connectivity index (χ2n) is 11.1. The van der Waals surface area contributed by atoms with Gasteiger partial charge in [-0.2, -0.15) is 0 Å². The number of halogens is 2. The van der Waals surface area contributed by atoms with Crippen molar-refractivity contribution < 1.29 is 28.0 Å². The van der Waals surface area contributed by atoms with Crippen LogP contribution in [0.1, 0.15) is 83.5 Å². The number of amides is 4. The van der Waals surface area contributed by atoms with E-state index >= 15 is 0 Å². The number of alkyl halides is 2. The number of allylic oxidation sites excluding steroid dienone is 1. The number of fused-ring (bicyclic) bond motifs is 1. The fourth-order valence-electron chi connectivity index (χ4n) is 5.45. The Balaban J connectivity index is 1.46. The lowest BCUT2D eigenvalue weighted by Crippen LogP contribution is -2.53. The summed E-state index contributed by atoms with van der Waals surface area (Å²) in [6, 6.07) is -1.44. The highest BCUT2D eigenvalue weighted by Crippen LogP contribution is 2.32. The van der Waals surface area contributed by atoms with Gasteiger partial charge < -0.3 is 15.1 Å². The first-order chi connectivity index (χ1) is 18.2. The van der Waals surface area contributed by atoms with E-state index < -0.39 is 36.4 Å². The first kappa shape index (κ1) is 28.8. The van der Waals surface area contributed by atoms with Crippen molar-refractivity contribution in [3.05, 3.63) is 12.2 Å². The van der Waals surface area contributed by atoms with Gasteiger partial charge in [0.15, 0.2) is 0 Å². The van der Waals surface area contributed by atoms with Gasteiger partial charge in [0.25, 0.3) is 11.8 Å². The Labute approximate surface area is 227 Å². The van der Waals surface area contributed by atoms with Crippen LogP contribution in [0.15, 0.2) is 12.2 Å². The molecule has 0 aromatic heterocycles. The van der Waals surface area contributed by atoms with Crippen LogP contribution in [0.2, 0.25) is 0 Å². The molecule has 11 heteroatoms. The van der Waals surface area contributed by atoms with Crippen LogP contribution < -0.4 is 10.0 Å². The lowest BCUT2D eigenvalue weighted by molar-refractivity contribution is -0.148. The molecule has 3 fully saturated rings. The molecule has 0 bridgehead atoms. The summed E-state index contributed by atoms with van der Waals surface area (Å²) in [5.74, 6) is -4.85. The predicted octanol–water partition coefficient (Wildman–Crippen LogP) is 3.56. The molecule has 2 saturated heterocycles. The fourth-order valence-corrected chi connectivity index (χ4v) is 6.24. The van der Waals surface area contributed by atoms with E-state index in [9.17, 15) is 28.0 Å². The Kier molecular flexibility index (Phi) is 10.1. The van der Waals surface area contributed by atoms with Crippen molar-refractivity contribution >= 4 is 35.6 Å². The summed E-state index contributed by atoms with van der Waals surface area (Å²) in [7, 11) is 0. The second kappa shape index (κ2) is 13.3. The Hall–Kier alpha value is -2.17. The molecule has 212 valence electrons. The normalized spacial score (nSPS) is 30.0. The summed E-state index contributed by atoms with van der Waals surface area (Å²) < 4.78 is 30.7. The van der Waals surface area contributed by atoms with Gasteiger partial charge >= 0.3 is 0 Å². The van der Waals surface area contributed by atoms with E-state index in [1.807, 2.05) is 12.2 Å². The quantitative estimate of drug-likeness (QED) is 0.400. The average molecular weight is 555 g/mol. The second-order valence-corrected chi connectivity index (χ2v) is 12.2. The van der Waals surface area contributed by atoms with Gasteiger partial charge in [0.05, 0.1) is 6.54 Å². The first-order valence-corrected chi connectivity index (χ1v) is 15.0. The molecule has 38 heavy (non-hydrogen) atoms. The third kappa shape index (κ3) is 8.16. The third-order valence-electron chi connectivity index (χ3n) is 7.80. The van der Waals surface area contributed by atoms with Crippen molar-refractivity contribution in [3.8, 4) is 0 Å². The molecule has 3 aliphatic heterocycles. The van der Waals surface area contributed by atoms with E-state index in [0.29, 0.717) is 37.5 Å². The van der Waals surface area contributed by atoms with Gasteiger partial charge in [0.2, 0.25) is 17.7 Å². The maximum Gasteiger partial charge on any atom is 0.265 e. The summed E-state index contributed by atoms with van der Waals surface area (Å²) in [5.41, 5.74) is 0. The minimum absolute atomic E-state index is 0.122. The van der Waals surface area contributed by atoms with Crippen LogP contribution in [0.25, 0.3) is 0 Å². The highest BCUT2D eigenvalue weighted by Gasteiger charge is 2.41.